The van der Waals surface area contributed by atoms with E-state index < -0.39 is 0 Å². The third-order valence-corrected chi connectivity index (χ3v) is 4.73. The van der Waals surface area contributed by atoms with Gasteiger partial charge in [0, 0.05) is 18.8 Å². The van der Waals surface area contributed by atoms with Crippen LogP contribution in [-0.2, 0) is 9.59 Å². The molecule has 28 heavy (non-hydrogen) atoms. The summed E-state index contributed by atoms with van der Waals surface area (Å²) in [6.45, 7) is 6.94. The van der Waals surface area contributed by atoms with Crippen molar-refractivity contribution in [2.75, 3.05) is 30.3 Å². The molecule has 0 aliphatic carbocycles. The first-order valence-electron chi connectivity index (χ1n) is 9.38. The lowest BCUT2D eigenvalue weighted by Crippen LogP contribution is -2.45. The summed E-state index contributed by atoms with van der Waals surface area (Å²) in [6.07, 6.45) is 1.69. The number of nitrogens with two attached hydrogens (primary N) is 1. The topological polar surface area (TPSA) is 75.9 Å². The lowest BCUT2D eigenvalue weighted by molar-refractivity contribution is -0.131. The maximum absolute atomic E-state index is 13.1. The number of aryl methyl sites for hydroxylation is 1. The number of ether oxygens (including phenoxy) is 1. The summed E-state index contributed by atoms with van der Waals surface area (Å²) >= 11 is 0. The number of hydrogen-bond donors (Lipinski definition) is 1. The highest BCUT2D eigenvalue weighted by Gasteiger charge is 2.32. The number of nitrogens with zero attached hydrogens (tertiary/aromatic N) is 2. The number of carbonyl (C=O) groups is 2. The van der Waals surface area contributed by atoms with Crippen molar-refractivity contribution in [2.24, 2.45) is 0 Å². The minimum atomic E-state index is -0.362. The minimum Gasteiger partial charge on any atom is -0.449 e. The van der Waals surface area contributed by atoms with Crippen LogP contribution in [0.3, 0.4) is 0 Å². The monoisotopic (exact) mass is 379 g/mol. The molecule has 0 spiro atoms. The van der Waals surface area contributed by atoms with E-state index in [1.807, 2.05) is 45.0 Å². The Morgan fingerprint density at radius 3 is 2.46 bits per heavy atom. The molecule has 0 radical (unpaired) electrons. The van der Waals surface area contributed by atoms with Gasteiger partial charge in [0.05, 0.1) is 5.69 Å². The van der Waals surface area contributed by atoms with E-state index in [0.29, 0.717) is 30.2 Å². The van der Waals surface area contributed by atoms with Gasteiger partial charge in [0.25, 0.3) is 5.91 Å². The third kappa shape index (κ3) is 4.01. The molecule has 146 valence electrons. The van der Waals surface area contributed by atoms with Gasteiger partial charge in [-0.15, -0.1) is 0 Å². The summed E-state index contributed by atoms with van der Waals surface area (Å²) in [4.78, 5) is 28.9. The van der Waals surface area contributed by atoms with Crippen LogP contribution in [0.15, 0.2) is 48.2 Å². The van der Waals surface area contributed by atoms with Crippen molar-refractivity contribution in [3.05, 3.63) is 59.4 Å². The average Bonchev–Trinajstić information content (AvgIpc) is 2.68. The van der Waals surface area contributed by atoms with Crippen molar-refractivity contribution in [2.45, 2.75) is 20.8 Å². The third-order valence-electron chi connectivity index (χ3n) is 4.73. The standard InChI is InChI=1S/C22H25N3O3/c1-4-24(5-2)21(26)14-25-18-13-17(23)10-11-19(18)28-20(22(25)27)12-16-8-6-15(3)7-9-16/h6-13H,4-5,14,23H2,1-3H3/b20-12+. The molecule has 1 heterocycles. The Hall–Kier alpha value is -3.28. The zero-order valence-corrected chi connectivity index (χ0v) is 16.4. The molecule has 0 atom stereocenters. The van der Waals surface area contributed by atoms with Crippen molar-refractivity contribution < 1.29 is 14.3 Å². The number of nitrogen functional groups attached to an aromatic ring is 1. The van der Waals surface area contributed by atoms with Crippen molar-refractivity contribution in [3.8, 4) is 5.75 Å². The molecule has 2 aromatic rings. The molecule has 2 N–H and O–H groups in total. The molecule has 2 amide bonds. The number of anilines is 2. The second-order valence-electron chi connectivity index (χ2n) is 6.71. The summed E-state index contributed by atoms with van der Waals surface area (Å²) in [6, 6.07) is 12.9. The van der Waals surface area contributed by atoms with E-state index >= 15 is 0 Å². The molecule has 0 aromatic heterocycles. The van der Waals surface area contributed by atoms with Gasteiger partial charge >= 0.3 is 0 Å². The fourth-order valence-corrected chi connectivity index (χ4v) is 3.11. The molecule has 3 rings (SSSR count). The number of carbonyl (C=O) groups excluding carboxylic acids is 2. The Balaban J connectivity index is 1.99. The fourth-order valence-electron chi connectivity index (χ4n) is 3.11. The van der Waals surface area contributed by atoms with Crippen LogP contribution >= 0.6 is 0 Å². The lowest BCUT2D eigenvalue weighted by atomic mass is 10.1. The largest absolute Gasteiger partial charge is 0.449 e. The van der Waals surface area contributed by atoms with Gasteiger partial charge in [0.1, 0.15) is 6.54 Å². The molecule has 0 saturated heterocycles. The Morgan fingerprint density at radius 1 is 1.14 bits per heavy atom. The summed E-state index contributed by atoms with van der Waals surface area (Å²) in [5, 5.41) is 0. The molecule has 6 nitrogen and oxygen atoms in total. The summed E-state index contributed by atoms with van der Waals surface area (Å²) < 4.78 is 5.85. The number of fused-ring (bicyclic) bond motifs is 1. The van der Waals surface area contributed by atoms with Crippen LogP contribution in [0.5, 0.6) is 5.75 Å². The highest BCUT2D eigenvalue weighted by molar-refractivity contribution is 6.12. The zero-order chi connectivity index (χ0) is 20.3. The predicted molar refractivity (Wildman–Crippen MR) is 111 cm³/mol. The van der Waals surface area contributed by atoms with Crippen molar-refractivity contribution in [3.63, 3.8) is 0 Å². The van der Waals surface area contributed by atoms with Gasteiger partial charge in [0.15, 0.2) is 11.5 Å². The van der Waals surface area contributed by atoms with E-state index in [1.54, 1.807) is 29.2 Å². The van der Waals surface area contributed by atoms with Gasteiger partial charge in [-0.1, -0.05) is 29.8 Å². The minimum absolute atomic E-state index is 0.0639. The number of benzene rings is 2. The highest BCUT2D eigenvalue weighted by Crippen LogP contribution is 2.37. The van der Waals surface area contributed by atoms with Crippen LogP contribution in [0.2, 0.25) is 0 Å². The molecule has 2 aromatic carbocycles. The highest BCUT2D eigenvalue weighted by atomic mass is 16.5. The van der Waals surface area contributed by atoms with Crippen LogP contribution < -0.4 is 15.4 Å². The smallest absolute Gasteiger partial charge is 0.294 e. The predicted octanol–water partition coefficient (Wildman–Crippen LogP) is 3.21. The van der Waals surface area contributed by atoms with Gasteiger partial charge < -0.3 is 15.4 Å². The Morgan fingerprint density at radius 2 is 1.82 bits per heavy atom. The Labute approximate surface area is 165 Å². The van der Waals surface area contributed by atoms with Crippen molar-refractivity contribution in [1.29, 1.82) is 0 Å². The first-order valence-corrected chi connectivity index (χ1v) is 9.38. The maximum Gasteiger partial charge on any atom is 0.294 e. The van der Waals surface area contributed by atoms with Crippen LogP contribution in [0.4, 0.5) is 11.4 Å². The van der Waals surface area contributed by atoms with Crippen LogP contribution in [0, 0.1) is 6.92 Å². The first kappa shape index (κ1) is 19.5. The van der Waals surface area contributed by atoms with E-state index in [-0.39, 0.29) is 24.1 Å². The lowest BCUT2D eigenvalue weighted by Gasteiger charge is -2.32. The van der Waals surface area contributed by atoms with Crippen LogP contribution in [-0.4, -0.2) is 36.3 Å². The SMILES string of the molecule is CCN(CC)C(=O)CN1C(=O)/C(=C\c2ccc(C)cc2)Oc2ccc(N)cc21. The quantitative estimate of drug-likeness (QED) is 0.639. The summed E-state index contributed by atoms with van der Waals surface area (Å²) in [5.74, 6) is 0.190. The van der Waals surface area contributed by atoms with Crippen molar-refractivity contribution in [1.82, 2.24) is 4.90 Å². The van der Waals surface area contributed by atoms with E-state index in [0.717, 1.165) is 11.1 Å². The second-order valence-corrected chi connectivity index (χ2v) is 6.71. The normalized spacial score (nSPS) is 14.6. The first-order chi connectivity index (χ1) is 13.4. The molecule has 0 bridgehead atoms. The van der Waals surface area contributed by atoms with E-state index in [4.69, 9.17) is 10.5 Å². The zero-order valence-electron chi connectivity index (χ0n) is 16.4. The van der Waals surface area contributed by atoms with Gasteiger partial charge in [-0.05, 0) is 50.6 Å². The molecular weight excluding hydrogens is 354 g/mol. The van der Waals surface area contributed by atoms with E-state index in [9.17, 15) is 9.59 Å². The molecule has 1 aliphatic rings. The van der Waals surface area contributed by atoms with E-state index in [1.165, 1.54) is 4.90 Å². The summed E-state index contributed by atoms with van der Waals surface area (Å²) in [5.41, 5.74) is 8.89. The van der Waals surface area contributed by atoms with Gasteiger partial charge in [-0.25, -0.2) is 0 Å². The van der Waals surface area contributed by atoms with Crippen molar-refractivity contribution >= 4 is 29.3 Å². The fraction of sp³-hybridized carbons (Fsp3) is 0.273. The second kappa shape index (κ2) is 8.17. The molecule has 0 unspecified atom stereocenters. The van der Waals surface area contributed by atoms with E-state index in [2.05, 4.69) is 0 Å². The average molecular weight is 379 g/mol. The van der Waals surface area contributed by atoms with Gasteiger partial charge in [-0.3, -0.25) is 14.5 Å². The molecule has 6 heteroatoms. The van der Waals surface area contributed by atoms with Crippen LogP contribution in [0.25, 0.3) is 6.08 Å². The van der Waals surface area contributed by atoms with Gasteiger partial charge in [-0.2, -0.15) is 0 Å². The number of rotatable bonds is 5. The Bertz CT molecular complexity index is 915. The number of likely N-dealkylation sites (N-methyl/N-ethyl adjacent to an activating group) is 1. The molecule has 0 saturated carbocycles. The molecule has 0 fully saturated rings. The van der Waals surface area contributed by atoms with Crippen LogP contribution in [0.1, 0.15) is 25.0 Å². The molecule has 1 aliphatic heterocycles. The number of amides is 2. The number of hydrogen-bond acceptors (Lipinski definition) is 4. The maximum atomic E-state index is 13.1. The molecular formula is C22H25N3O3. The van der Waals surface area contributed by atoms with Gasteiger partial charge in [0.2, 0.25) is 5.91 Å². The Kier molecular flexibility index (Phi) is 5.68. The summed E-state index contributed by atoms with van der Waals surface area (Å²) in [7, 11) is 0.